The van der Waals surface area contributed by atoms with E-state index in [1.807, 2.05) is 13.8 Å². The number of nitriles is 1. The second kappa shape index (κ2) is 10.8. The van der Waals surface area contributed by atoms with Gasteiger partial charge in [-0.15, -0.1) is 0 Å². The topological polar surface area (TPSA) is 109 Å². The SMILES string of the molecule is CC1CN(C(C(=O)NCCCc2nn(-c3ccc(F)cc3)c(N)c2C#N)C(C)C)CC(C)O1. The fourth-order valence-corrected chi connectivity index (χ4v) is 4.46. The molecule has 0 radical (unpaired) electrons. The number of ether oxygens (including phenoxy) is 1. The van der Waals surface area contributed by atoms with E-state index in [2.05, 4.69) is 35.2 Å². The summed E-state index contributed by atoms with van der Waals surface area (Å²) in [4.78, 5) is 15.2. The number of carbonyl (C=O) groups excluding carboxylic acids is 1. The number of anilines is 1. The number of aromatic nitrogens is 2. The number of benzene rings is 1. The maximum Gasteiger partial charge on any atom is 0.237 e. The van der Waals surface area contributed by atoms with Crippen LogP contribution in [0.4, 0.5) is 10.2 Å². The average Bonchev–Trinajstić information content (AvgIpc) is 3.06. The summed E-state index contributed by atoms with van der Waals surface area (Å²) in [5.41, 5.74) is 7.56. The van der Waals surface area contributed by atoms with Crippen molar-refractivity contribution in [3.8, 4) is 11.8 Å². The Bertz CT molecular complexity index is 988. The lowest BCUT2D eigenvalue weighted by Crippen LogP contribution is -2.57. The maximum absolute atomic E-state index is 13.2. The highest BCUT2D eigenvalue weighted by Gasteiger charge is 2.33. The minimum Gasteiger partial charge on any atom is -0.382 e. The first-order valence-electron chi connectivity index (χ1n) is 11.4. The van der Waals surface area contributed by atoms with E-state index in [1.54, 1.807) is 12.1 Å². The van der Waals surface area contributed by atoms with Gasteiger partial charge in [0, 0.05) is 19.6 Å². The Kier molecular flexibility index (Phi) is 8.06. The monoisotopic (exact) mass is 456 g/mol. The van der Waals surface area contributed by atoms with Crippen LogP contribution in [0, 0.1) is 23.1 Å². The number of halogens is 1. The molecule has 2 aromatic rings. The van der Waals surface area contributed by atoms with Gasteiger partial charge in [0.1, 0.15) is 23.3 Å². The van der Waals surface area contributed by atoms with Crippen LogP contribution >= 0.6 is 0 Å². The van der Waals surface area contributed by atoms with Crippen molar-refractivity contribution >= 4 is 11.7 Å². The van der Waals surface area contributed by atoms with Crippen LogP contribution in [0.5, 0.6) is 0 Å². The van der Waals surface area contributed by atoms with Crippen LogP contribution in [0.15, 0.2) is 24.3 Å². The molecule has 0 saturated carbocycles. The Morgan fingerprint density at radius 1 is 1.30 bits per heavy atom. The highest BCUT2D eigenvalue weighted by molar-refractivity contribution is 5.82. The standard InChI is InChI=1S/C24H33FN6O2/c1-15(2)22(30-13-16(3)33-17(4)14-30)24(32)28-11-5-6-21-20(12-26)23(27)31(29-21)19-9-7-18(25)8-10-19/h7-10,15-17,22H,5-6,11,13-14,27H2,1-4H3,(H,28,32). The number of rotatable bonds is 8. The Morgan fingerprint density at radius 2 is 1.94 bits per heavy atom. The van der Waals surface area contributed by atoms with Crippen LogP contribution in [-0.4, -0.2) is 58.5 Å². The van der Waals surface area contributed by atoms with Gasteiger partial charge in [-0.3, -0.25) is 9.69 Å². The molecule has 0 spiro atoms. The maximum atomic E-state index is 13.2. The third-order valence-electron chi connectivity index (χ3n) is 5.81. The minimum atomic E-state index is -0.360. The zero-order valence-electron chi connectivity index (χ0n) is 19.7. The van der Waals surface area contributed by atoms with Gasteiger partial charge in [0.25, 0.3) is 0 Å². The van der Waals surface area contributed by atoms with Gasteiger partial charge < -0.3 is 15.8 Å². The Hall–Kier alpha value is -2.96. The molecular weight excluding hydrogens is 423 g/mol. The summed E-state index contributed by atoms with van der Waals surface area (Å²) in [6.07, 6.45) is 1.28. The zero-order valence-corrected chi connectivity index (χ0v) is 19.7. The van der Waals surface area contributed by atoms with Crippen LogP contribution in [0.3, 0.4) is 0 Å². The third-order valence-corrected chi connectivity index (χ3v) is 5.81. The van der Waals surface area contributed by atoms with Crippen molar-refractivity contribution in [1.29, 1.82) is 5.26 Å². The molecule has 3 rings (SSSR count). The molecule has 1 aliphatic rings. The molecule has 3 N–H and O–H groups in total. The molecular formula is C24H33FN6O2. The quantitative estimate of drug-likeness (QED) is 0.591. The van der Waals surface area contributed by atoms with Crippen LogP contribution in [0.2, 0.25) is 0 Å². The Balaban J connectivity index is 1.61. The number of nitrogens with one attached hydrogen (secondary N) is 1. The van der Waals surface area contributed by atoms with Crippen molar-refractivity contribution in [3.63, 3.8) is 0 Å². The second-order valence-electron chi connectivity index (χ2n) is 9.00. The van der Waals surface area contributed by atoms with Crippen LogP contribution in [0.25, 0.3) is 5.69 Å². The predicted molar refractivity (Wildman–Crippen MR) is 124 cm³/mol. The fraction of sp³-hybridized carbons (Fsp3) is 0.542. The molecule has 0 aliphatic carbocycles. The van der Waals surface area contributed by atoms with Gasteiger partial charge in [-0.25, -0.2) is 9.07 Å². The van der Waals surface area contributed by atoms with Crippen molar-refractivity contribution in [1.82, 2.24) is 20.0 Å². The fourth-order valence-electron chi connectivity index (χ4n) is 4.46. The summed E-state index contributed by atoms with van der Waals surface area (Å²) < 4.78 is 20.5. The summed E-state index contributed by atoms with van der Waals surface area (Å²) in [5.74, 6) is 0.0299. The van der Waals surface area contributed by atoms with Crippen molar-refractivity contribution in [2.75, 3.05) is 25.4 Å². The first-order valence-corrected chi connectivity index (χ1v) is 11.4. The lowest BCUT2D eigenvalue weighted by Gasteiger charge is -2.41. The van der Waals surface area contributed by atoms with E-state index in [9.17, 15) is 14.4 Å². The molecule has 1 amide bonds. The lowest BCUT2D eigenvalue weighted by molar-refractivity contribution is -0.135. The smallest absolute Gasteiger partial charge is 0.237 e. The number of nitrogens with two attached hydrogens (primary N) is 1. The molecule has 3 unspecified atom stereocenters. The highest BCUT2D eigenvalue weighted by atomic mass is 19.1. The van der Waals surface area contributed by atoms with Gasteiger partial charge in [-0.2, -0.15) is 10.4 Å². The van der Waals surface area contributed by atoms with Crippen molar-refractivity contribution in [2.45, 2.75) is 58.8 Å². The molecule has 178 valence electrons. The van der Waals surface area contributed by atoms with Gasteiger partial charge in [0.15, 0.2) is 0 Å². The van der Waals surface area contributed by atoms with Crippen molar-refractivity contribution in [2.24, 2.45) is 5.92 Å². The molecule has 8 nitrogen and oxygen atoms in total. The third kappa shape index (κ3) is 5.89. The van der Waals surface area contributed by atoms with E-state index in [0.717, 1.165) is 13.1 Å². The summed E-state index contributed by atoms with van der Waals surface area (Å²) in [6.45, 7) is 10.1. The first-order chi connectivity index (χ1) is 15.7. The summed E-state index contributed by atoms with van der Waals surface area (Å²) in [5, 5.41) is 17.0. The van der Waals surface area contributed by atoms with E-state index >= 15 is 0 Å². The van der Waals surface area contributed by atoms with E-state index in [-0.39, 0.29) is 41.7 Å². The molecule has 1 fully saturated rings. The lowest BCUT2D eigenvalue weighted by atomic mass is 9.99. The normalized spacial score (nSPS) is 19.9. The largest absolute Gasteiger partial charge is 0.382 e. The molecule has 2 heterocycles. The second-order valence-corrected chi connectivity index (χ2v) is 9.00. The first kappa shape index (κ1) is 24.7. The molecule has 3 atom stereocenters. The summed E-state index contributed by atoms with van der Waals surface area (Å²) >= 11 is 0. The number of hydrogen-bond donors (Lipinski definition) is 2. The van der Waals surface area contributed by atoms with Crippen molar-refractivity contribution < 1.29 is 13.9 Å². The number of aryl methyl sites for hydroxylation is 1. The molecule has 1 aromatic carbocycles. The van der Waals surface area contributed by atoms with Crippen LogP contribution in [0.1, 0.15) is 45.4 Å². The predicted octanol–water partition coefficient (Wildman–Crippen LogP) is 2.65. The number of nitrogens with zero attached hydrogens (tertiary/aromatic N) is 4. The Morgan fingerprint density at radius 3 is 2.52 bits per heavy atom. The Labute approximate surface area is 194 Å². The molecule has 9 heteroatoms. The molecule has 1 aromatic heterocycles. The van der Waals surface area contributed by atoms with Gasteiger partial charge in [0.05, 0.1) is 29.6 Å². The number of morpholine rings is 1. The van der Waals surface area contributed by atoms with Crippen LogP contribution in [-0.2, 0) is 16.0 Å². The van der Waals surface area contributed by atoms with E-state index in [1.165, 1.54) is 16.8 Å². The molecule has 1 saturated heterocycles. The van der Waals surface area contributed by atoms with Gasteiger partial charge in [0.2, 0.25) is 5.91 Å². The minimum absolute atomic E-state index is 0.00293. The number of hydrogen-bond acceptors (Lipinski definition) is 6. The van der Waals surface area contributed by atoms with E-state index < -0.39 is 0 Å². The van der Waals surface area contributed by atoms with Crippen LogP contribution < -0.4 is 11.1 Å². The molecule has 0 bridgehead atoms. The summed E-state index contributed by atoms with van der Waals surface area (Å²) in [7, 11) is 0. The summed E-state index contributed by atoms with van der Waals surface area (Å²) in [6, 6.07) is 7.64. The van der Waals surface area contributed by atoms with Gasteiger partial charge >= 0.3 is 0 Å². The molecule has 1 aliphatic heterocycles. The zero-order chi connectivity index (χ0) is 24.1. The van der Waals surface area contributed by atoms with E-state index in [4.69, 9.17) is 10.5 Å². The highest BCUT2D eigenvalue weighted by Crippen LogP contribution is 2.22. The number of amides is 1. The van der Waals surface area contributed by atoms with E-state index in [0.29, 0.717) is 36.3 Å². The molecule has 33 heavy (non-hydrogen) atoms. The van der Waals surface area contributed by atoms with Gasteiger partial charge in [-0.05, 0) is 56.9 Å². The number of carbonyl (C=O) groups is 1. The number of nitrogen functional groups attached to an aromatic ring is 1. The van der Waals surface area contributed by atoms with Gasteiger partial charge in [-0.1, -0.05) is 13.8 Å². The average molecular weight is 457 g/mol. The van der Waals surface area contributed by atoms with Crippen molar-refractivity contribution in [3.05, 3.63) is 41.3 Å².